The van der Waals surface area contributed by atoms with Crippen molar-refractivity contribution in [1.82, 2.24) is 9.88 Å². The molecule has 1 aromatic heterocycles. The average molecular weight is 429 g/mol. The molecular weight excluding hydrogens is 408 g/mol. The molecule has 30 heavy (non-hydrogen) atoms. The molecule has 2 heterocycles. The summed E-state index contributed by atoms with van der Waals surface area (Å²) in [6.07, 6.45) is 1.62. The lowest BCUT2D eigenvalue weighted by Gasteiger charge is -2.34. The minimum atomic E-state index is -0.501. The molecule has 156 valence electrons. The van der Waals surface area contributed by atoms with Crippen LogP contribution in [0.2, 0.25) is 5.02 Å². The second-order valence-corrected chi connectivity index (χ2v) is 7.85. The van der Waals surface area contributed by atoms with Gasteiger partial charge in [0.05, 0.1) is 11.0 Å². The summed E-state index contributed by atoms with van der Waals surface area (Å²) in [5.41, 5.74) is 1.55. The van der Waals surface area contributed by atoms with E-state index in [1.165, 1.54) is 12.1 Å². The monoisotopic (exact) mass is 428 g/mol. The molecule has 1 aliphatic heterocycles. The van der Waals surface area contributed by atoms with Crippen LogP contribution in [0.5, 0.6) is 0 Å². The highest BCUT2D eigenvalue weighted by Crippen LogP contribution is 2.31. The van der Waals surface area contributed by atoms with Gasteiger partial charge in [0.2, 0.25) is 5.91 Å². The summed E-state index contributed by atoms with van der Waals surface area (Å²) in [7, 11) is 0. The molecule has 1 N–H and O–H groups in total. The molecule has 1 aliphatic rings. The van der Waals surface area contributed by atoms with E-state index < -0.39 is 11.0 Å². The van der Waals surface area contributed by atoms with Crippen molar-refractivity contribution in [3.8, 4) is 0 Å². The molecule has 1 fully saturated rings. The third kappa shape index (κ3) is 4.15. The number of hydrogen-bond donors (Lipinski definition) is 1. The highest BCUT2D eigenvalue weighted by molar-refractivity contribution is 6.31. The molecule has 0 radical (unpaired) electrons. The summed E-state index contributed by atoms with van der Waals surface area (Å²) in [6, 6.07) is 11.1. The van der Waals surface area contributed by atoms with Crippen molar-refractivity contribution < 1.29 is 14.1 Å². The van der Waals surface area contributed by atoms with Crippen molar-refractivity contribution >= 4 is 40.0 Å². The minimum absolute atomic E-state index is 0.118. The molecule has 1 saturated heterocycles. The first-order valence-corrected chi connectivity index (χ1v) is 10.1. The van der Waals surface area contributed by atoms with Gasteiger partial charge in [0.15, 0.2) is 11.5 Å². The Labute approximate surface area is 178 Å². The number of benzene rings is 2. The number of rotatable bonds is 5. The normalized spacial score (nSPS) is 16.5. The topological polar surface area (TPSA) is 102 Å². The molecule has 0 saturated carbocycles. The summed E-state index contributed by atoms with van der Waals surface area (Å²) in [6.45, 7) is 3.22. The Kier molecular flexibility index (Phi) is 5.69. The lowest BCUT2D eigenvalue weighted by molar-refractivity contribution is -0.383. The quantitative estimate of drug-likeness (QED) is 0.470. The molecule has 1 amide bonds. The summed E-state index contributed by atoms with van der Waals surface area (Å²) >= 11 is 6.02. The van der Waals surface area contributed by atoms with E-state index in [1.807, 2.05) is 13.0 Å². The van der Waals surface area contributed by atoms with Gasteiger partial charge in [-0.2, -0.15) is 0 Å². The van der Waals surface area contributed by atoms with Crippen LogP contribution in [0, 0.1) is 10.1 Å². The number of oxazole rings is 1. The molecular formula is C21H21ClN4O4. The maximum absolute atomic E-state index is 12.7. The van der Waals surface area contributed by atoms with Crippen molar-refractivity contribution in [2.75, 3.05) is 18.4 Å². The third-order valence-electron chi connectivity index (χ3n) is 5.53. The molecule has 0 aliphatic carbocycles. The first kappa shape index (κ1) is 20.3. The number of amides is 1. The van der Waals surface area contributed by atoms with Crippen molar-refractivity contribution in [3.63, 3.8) is 0 Å². The first-order valence-electron chi connectivity index (χ1n) is 9.76. The number of nitrogens with one attached hydrogen (secondary N) is 1. The smallest absolute Gasteiger partial charge is 0.292 e. The fraction of sp³-hybridized carbons (Fsp3) is 0.333. The predicted molar refractivity (Wildman–Crippen MR) is 114 cm³/mol. The highest BCUT2D eigenvalue weighted by atomic mass is 35.5. The maximum Gasteiger partial charge on any atom is 0.292 e. The van der Waals surface area contributed by atoms with Crippen LogP contribution in [-0.2, 0) is 4.79 Å². The van der Waals surface area contributed by atoms with Crippen molar-refractivity contribution in [2.45, 2.75) is 31.7 Å². The zero-order valence-electron chi connectivity index (χ0n) is 16.4. The fourth-order valence-corrected chi connectivity index (χ4v) is 3.93. The van der Waals surface area contributed by atoms with E-state index in [0.717, 1.165) is 18.4 Å². The van der Waals surface area contributed by atoms with Gasteiger partial charge in [-0.3, -0.25) is 19.8 Å². The number of piperidine rings is 1. The largest absolute Gasteiger partial charge is 0.440 e. The van der Waals surface area contributed by atoms with Gasteiger partial charge in [0.25, 0.3) is 5.69 Å². The van der Waals surface area contributed by atoms with Gasteiger partial charge in [-0.15, -0.1) is 0 Å². The van der Waals surface area contributed by atoms with Crippen LogP contribution in [0.3, 0.4) is 0 Å². The Balaban J connectivity index is 1.38. The number of fused-ring (bicyclic) bond motifs is 1. The van der Waals surface area contributed by atoms with Gasteiger partial charge in [-0.25, -0.2) is 4.98 Å². The van der Waals surface area contributed by atoms with Gasteiger partial charge in [0.1, 0.15) is 11.2 Å². The number of likely N-dealkylation sites (tertiary alicyclic amines) is 1. The number of aromatic nitrogens is 1. The van der Waals surface area contributed by atoms with Crippen LogP contribution < -0.4 is 5.32 Å². The summed E-state index contributed by atoms with van der Waals surface area (Å²) in [4.78, 5) is 30.0. The molecule has 9 heteroatoms. The van der Waals surface area contributed by atoms with Crippen LogP contribution in [0.25, 0.3) is 11.1 Å². The fourth-order valence-electron chi connectivity index (χ4n) is 3.77. The minimum Gasteiger partial charge on any atom is -0.440 e. The summed E-state index contributed by atoms with van der Waals surface area (Å²) < 4.78 is 5.89. The van der Waals surface area contributed by atoms with E-state index in [2.05, 4.69) is 15.2 Å². The predicted octanol–water partition coefficient (Wildman–Crippen LogP) is 4.60. The Morgan fingerprint density at radius 3 is 2.77 bits per heavy atom. The van der Waals surface area contributed by atoms with Gasteiger partial charge in [-0.1, -0.05) is 23.7 Å². The number of anilines is 1. The van der Waals surface area contributed by atoms with E-state index in [9.17, 15) is 14.9 Å². The lowest BCUT2D eigenvalue weighted by Crippen LogP contribution is -2.45. The Bertz CT molecular complexity index is 1090. The van der Waals surface area contributed by atoms with E-state index in [1.54, 1.807) is 24.3 Å². The Morgan fingerprint density at radius 2 is 2.03 bits per heavy atom. The van der Waals surface area contributed by atoms with Crippen molar-refractivity contribution in [2.24, 2.45) is 0 Å². The molecule has 3 aromatic rings. The lowest BCUT2D eigenvalue weighted by atomic mass is 9.95. The Hall–Kier alpha value is -2.97. The van der Waals surface area contributed by atoms with E-state index >= 15 is 0 Å². The summed E-state index contributed by atoms with van der Waals surface area (Å²) in [5, 5.41) is 14.5. The number of carbonyl (C=O) groups excluding carboxylic acids is 1. The van der Waals surface area contributed by atoms with E-state index in [-0.39, 0.29) is 23.2 Å². The number of halogens is 1. The van der Waals surface area contributed by atoms with Crippen molar-refractivity contribution in [3.05, 3.63) is 63.5 Å². The Morgan fingerprint density at radius 1 is 1.30 bits per heavy atom. The van der Waals surface area contributed by atoms with Crippen molar-refractivity contribution in [1.29, 1.82) is 0 Å². The molecule has 8 nitrogen and oxygen atoms in total. The standard InChI is InChI=1S/C21H21ClN4O4/c1-13(20(27)23-16-4-2-3-5-18(16)26(28)29)25-10-8-14(9-11-25)21-24-17-12-15(22)6-7-19(17)30-21/h2-7,12-14H,8-11H2,1H3,(H,23,27)/t13-/m0/s1. The third-order valence-corrected chi connectivity index (χ3v) is 5.77. The SMILES string of the molecule is C[C@@H](C(=O)Nc1ccccc1[N+](=O)[O-])N1CCC(c2nc3cc(Cl)ccc3o2)CC1. The van der Waals surface area contributed by atoms with E-state index in [4.69, 9.17) is 16.0 Å². The number of nitro benzene ring substituents is 1. The molecule has 0 bridgehead atoms. The van der Waals surface area contributed by atoms with E-state index in [0.29, 0.717) is 29.6 Å². The second-order valence-electron chi connectivity index (χ2n) is 7.41. The number of nitro groups is 1. The number of nitrogens with zero attached hydrogens (tertiary/aromatic N) is 3. The molecule has 0 spiro atoms. The molecule has 0 unspecified atom stereocenters. The average Bonchev–Trinajstić information content (AvgIpc) is 3.16. The van der Waals surface area contributed by atoms with Crippen LogP contribution in [-0.4, -0.2) is 39.8 Å². The number of carbonyl (C=O) groups is 1. The van der Waals surface area contributed by atoms with Crippen LogP contribution in [0.15, 0.2) is 46.9 Å². The molecule has 4 rings (SSSR count). The molecule has 1 atom stereocenters. The van der Waals surface area contributed by atoms with Crippen LogP contribution in [0.4, 0.5) is 11.4 Å². The van der Waals surface area contributed by atoms with Crippen LogP contribution in [0.1, 0.15) is 31.6 Å². The van der Waals surface area contributed by atoms with Gasteiger partial charge in [0, 0.05) is 17.0 Å². The second kappa shape index (κ2) is 8.41. The molecule has 2 aromatic carbocycles. The maximum atomic E-state index is 12.7. The van der Waals surface area contributed by atoms with Gasteiger partial charge >= 0.3 is 0 Å². The van der Waals surface area contributed by atoms with Crippen LogP contribution >= 0.6 is 11.6 Å². The number of hydrogen-bond acceptors (Lipinski definition) is 6. The first-order chi connectivity index (χ1) is 14.4. The number of para-hydroxylation sites is 2. The highest BCUT2D eigenvalue weighted by Gasteiger charge is 2.30. The zero-order valence-corrected chi connectivity index (χ0v) is 17.1. The van der Waals surface area contributed by atoms with Gasteiger partial charge in [-0.05, 0) is 57.1 Å². The zero-order chi connectivity index (χ0) is 21.3. The van der Waals surface area contributed by atoms with Gasteiger partial charge < -0.3 is 9.73 Å². The summed E-state index contributed by atoms with van der Waals surface area (Å²) in [5.74, 6) is 0.612.